The summed E-state index contributed by atoms with van der Waals surface area (Å²) in [6.45, 7) is 5.63. The second-order valence-corrected chi connectivity index (χ2v) is 5.97. The first-order valence-corrected chi connectivity index (χ1v) is 7.08. The summed E-state index contributed by atoms with van der Waals surface area (Å²) in [5.74, 6) is 0.599. The van der Waals surface area contributed by atoms with Crippen molar-refractivity contribution >= 4 is 9.84 Å². The van der Waals surface area contributed by atoms with Gasteiger partial charge >= 0.3 is 0 Å². The van der Waals surface area contributed by atoms with Crippen LogP contribution in [0.3, 0.4) is 0 Å². The summed E-state index contributed by atoms with van der Waals surface area (Å²) >= 11 is 0. The van der Waals surface area contributed by atoms with Gasteiger partial charge in [0.2, 0.25) is 0 Å². The van der Waals surface area contributed by atoms with E-state index in [1.54, 1.807) is 0 Å². The molecular weight excluding hydrogens is 214 g/mol. The summed E-state index contributed by atoms with van der Waals surface area (Å²) in [5.41, 5.74) is 0. The molecule has 0 amide bonds. The lowest BCUT2D eigenvalue weighted by molar-refractivity contribution is 0.139. The molecule has 1 atom stereocenters. The van der Waals surface area contributed by atoms with E-state index in [0.29, 0.717) is 19.0 Å². The largest absolute Gasteiger partial charge is 0.380 e. The summed E-state index contributed by atoms with van der Waals surface area (Å²) in [6.07, 6.45) is 3.41. The molecule has 0 aromatic heterocycles. The van der Waals surface area contributed by atoms with Crippen molar-refractivity contribution < 1.29 is 13.2 Å². The molecule has 1 aliphatic rings. The van der Waals surface area contributed by atoms with Crippen molar-refractivity contribution in [3.8, 4) is 0 Å². The third-order valence-corrected chi connectivity index (χ3v) is 4.15. The number of sulfone groups is 1. The quantitative estimate of drug-likeness (QED) is 0.509. The van der Waals surface area contributed by atoms with Crippen LogP contribution in [0.2, 0.25) is 0 Å². The Bertz CT molecular complexity index is 287. The van der Waals surface area contributed by atoms with Gasteiger partial charge in [0, 0.05) is 12.6 Å². The van der Waals surface area contributed by atoms with Crippen molar-refractivity contribution in [1.82, 2.24) is 5.32 Å². The van der Waals surface area contributed by atoms with E-state index < -0.39 is 9.84 Å². The molecule has 88 valence electrons. The normalized spacial score (nSPS) is 24.1. The zero-order chi connectivity index (χ0) is 11.1. The number of nitrogens with one attached hydrogen (secondary N) is 1. The Labute approximate surface area is 91.6 Å². The average molecular weight is 233 g/mol. The molecule has 0 saturated carbocycles. The molecule has 1 heterocycles. The van der Waals surface area contributed by atoms with Crippen molar-refractivity contribution in [3.63, 3.8) is 0 Å². The predicted molar refractivity (Wildman–Crippen MR) is 60.7 cm³/mol. The maximum atomic E-state index is 11.1. The SMILES string of the molecule is C=CCCOCCNC1CCS(=O)(=O)C1. The Hall–Kier alpha value is -0.390. The Balaban J connectivity index is 1.99. The molecule has 0 bridgehead atoms. The van der Waals surface area contributed by atoms with E-state index in [1.165, 1.54) is 0 Å². The summed E-state index contributed by atoms with van der Waals surface area (Å²) in [5, 5.41) is 3.18. The van der Waals surface area contributed by atoms with Gasteiger partial charge in [-0.2, -0.15) is 0 Å². The van der Waals surface area contributed by atoms with E-state index in [4.69, 9.17) is 4.74 Å². The van der Waals surface area contributed by atoms with Crippen LogP contribution in [0, 0.1) is 0 Å². The van der Waals surface area contributed by atoms with Gasteiger partial charge in [-0.15, -0.1) is 6.58 Å². The molecule has 1 N–H and O–H groups in total. The third kappa shape index (κ3) is 5.30. The Morgan fingerprint density at radius 1 is 1.47 bits per heavy atom. The van der Waals surface area contributed by atoms with Crippen LogP contribution in [-0.2, 0) is 14.6 Å². The average Bonchev–Trinajstić information content (AvgIpc) is 2.52. The van der Waals surface area contributed by atoms with Crippen LogP contribution in [0.4, 0.5) is 0 Å². The van der Waals surface area contributed by atoms with Crippen molar-refractivity contribution in [2.24, 2.45) is 0 Å². The number of ether oxygens (including phenoxy) is 1. The van der Waals surface area contributed by atoms with E-state index in [0.717, 1.165) is 19.4 Å². The molecule has 0 aliphatic carbocycles. The molecule has 15 heavy (non-hydrogen) atoms. The highest BCUT2D eigenvalue weighted by atomic mass is 32.2. The van der Waals surface area contributed by atoms with Crippen LogP contribution in [0.5, 0.6) is 0 Å². The minimum Gasteiger partial charge on any atom is -0.380 e. The minimum atomic E-state index is -2.76. The molecule has 0 spiro atoms. The van der Waals surface area contributed by atoms with Crippen LogP contribution >= 0.6 is 0 Å². The standard InChI is InChI=1S/C10H19NO3S/c1-2-3-6-14-7-5-11-10-4-8-15(12,13)9-10/h2,10-11H,1,3-9H2. The monoisotopic (exact) mass is 233 g/mol. The minimum absolute atomic E-state index is 0.123. The first-order valence-electron chi connectivity index (χ1n) is 5.26. The summed E-state index contributed by atoms with van der Waals surface area (Å²) in [6, 6.07) is 0.123. The van der Waals surface area contributed by atoms with Crippen LogP contribution in [-0.4, -0.2) is 45.7 Å². The van der Waals surface area contributed by atoms with Crippen molar-refractivity contribution in [1.29, 1.82) is 0 Å². The highest BCUT2D eigenvalue weighted by Gasteiger charge is 2.26. The number of rotatable bonds is 7. The van der Waals surface area contributed by atoms with Gasteiger partial charge in [0.15, 0.2) is 9.84 Å². The first kappa shape index (κ1) is 12.7. The van der Waals surface area contributed by atoms with E-state index in [9.17, 15) is 8.42 Å². The third-order valence-electron chi connectivity index (χ3n) is 2.38. The fourth-order valence-corrected chi connectivity index (χ4v) is 3.27. The predicted octanol–water partition coefficient (Wildman–Crippen LogP) is 0.356. The van der Waals surface area contributed by atoms with Gasteiger partial charge in [0.05, 0.1) is 24.7 Å². The van der Waals surface area contributed by atoms with Crippen LogP contribution in [0.15, 0.2) is 12.7 Å². The van der Waals surface area contributed by atoms with Gasteiger partial charge in [-0.05, 0) is 12.8 Å². The molecule has 0 radical (unpaired) electrons. The number of hydrogen-bond donors (Lipinski definition) is 1. The van der Waals surface area contributed by atoms with Gasteiger partial charge in [0.1, 0.15) is 0 Å². The van der Waals surface area contributed by atoms with Gasteiger partial charge in [-0.25, -0.2) is 8.42 Å². The van der Waals surface area contributed by atoms with Gasteiger partial charge in [0.25, 0.3) is 0 Å². The van der Waals surface area contributed by atoms with E-state index >= 15 is 0 Å². The highest BCUT2D eigenvalue weighted by Crippen LogP contribution is 2.10. The molecule has 0 aromatic carbocycles. The fraction of sp³-hybridized carbons (Fsp3) is 0.800. The zero-order valence-electron chi connectivity index (χ0n) is 8.94. The lowest BCUT2D eigenvalue weighted by Crippen LogP contribution is -2.32. The molecule has 1 rings (SSSR count). The molecular formula is C10H19NO3S. The number of hydrogen-bond acceptors (Lipinski definition) is 4. The second kappa shape index (κ2) is 6.25. The second-order valence-electron chi connectivity index (χ2n) is 3.74. The Morgan fingerprint density at radius 2 is 2.27 bits per heavy atom. The van der Waals surface area contributed by atoms with Crippen molar-refractivity contribution in [3.05, 3.63) is 12.7 Å². The molecule has 0 aromatic rings. The summed E-state index contributed by atoms with van der Waals surface area (Å²) < 4.78 is 27.6. The first-order chi connectivity index (χ1) is 7.14. The van der Waals surface area contributed by atoms with E-state index in [1.807, 2.05) is 6.08 Å². The molecule has 1 saturated heterocycles. The van der Waals surface area contributed by atoms with E-state index in [2.05, 4.69) is 11.9 Å². The lowest BCUT2D eigenvalue weighted by Gasteiger charge is -2.10. The van der Waals surface area contributed by atoms with E-state index in [-0.39, 0.29) is 11.8 Å². The molecule has 1 unspecified atom stereocenters. The maximum Gasteiger partial charge on any atom is 0.151 e. The van der Waals surface area contributed by atoms with Crippen LogP contribution in [0.1, 0.15) is 12.8 Å². The smallest absolute Gasteiger partial charge is 0.151 e. The topological polar surface area (TPSA) is 55.4 Å². The lowest BCUT2D eigenvalue weighted by atomic mass is 10.3. The maximum absolute atomic E-state index is 11.1. The fourth-order valence-electron chi connectivity index (χ4n) is 1.56. The van der Waals surface area contributed by atoms with Gasteiger partial charge in [-0.1, -0.05) is 6.08 Å². The Kier molecular flexibility index (Phi) is 5.28. The molecule has 5 heteroatoms. The molecule has 1 fully saturated rings. The molecule has 4 nitrogen and oxygen atoms in total. The summed E-state index contributed by atoms with van der Waals surface area (Å²) in [4.78, 5) is 0. The van der Waals surface area contributed by atoms with Crippen molar-refractivity contribution in [2.75, 3.05) is 31.3 Å². The Morgan fingerprint density at radius 3 is 2.87 bits per heavy atom. The van der Waals surface area contributed by atoms with Crippen molar-refractivity contribution in [2.45, 2.75) is 18.9 Å². The van der Waals surface area contributed by atoms with Crippen LogP contribution < -0.4 is 5.32 Å². The van der Waals surface area contributed by atoms with Crippen LogP contribution in [0.25, 0.3) is 0 Å². The highest BCUT2D eigenvalue weighted by molar-refractivity contribution is 7.91. The molecule has 1 aliphatic heterocycles. The van der Waals surface area contributed by atoms with Gasteiger partial charge < -0.3 is 10.1 Å². The summed E-state index contributed by atoms with van der Waals surface area (Å²) in [7, 11) is -2.76. The van der Waals surface area contributed by atoms with Gasteiger partial charge in [-0.3, -0.25) is 0 Å². The zero-order valence-corrected chi connectivity index (χ0v) is 9.76.